The third kappa shape index (κ3) is 4.47. The molecule has 0 aromatic carbocycles. The Hall–Kier alpha value is -2.50. The number of hydrogen-bond acceptors (Lipinski definition) is 7. The van der Waals surface area contributed by atoms with Crippen molar-refractivity contribution in [2.45, 2.75) is 32.4 Å². The highest BCUT2D eigenvalue weighted by Gasteiger charge is 2.30. The molecule has 1 aliphatic rings. The number of amides is 1. The Kier molecular flexibility index (Phi) is 6.74. The van der Waals surface area contributed by atoms with Gasteiger partial charge in [-0.1, -0.05) is 6.08 Å². The molecular formula is C19H26N4O6S. The fourth-order valence-corrected chi connectivity index (χ4v) is 4.94. The van der Waals surface area contributed by atoms with E-state index in [2.05, 4.69) is 16.9 Å². The Morgan fingerprint density at radius 2 is 2.13 bits per heavy atom. The number of aryl methyl sites for hydroxylation is 1. The monoisotopic (exact) mass is 438 g/mol. The Bertz CT molecular complexity index is 1100. The number of rotatable bonds is 8. The molecule has 1 N–H and O–H groups in total. The van der Waals surface area contributed by atoms with Gasteiger partial charge in [0.2, 0.25) is 15.7 Å². The lowest BCUT2D eigenvalue weighted by Crippen LogP contribution is -2.47. The standard InChI is InChI=1S/C19H26N4O6S/c1-4-7-22-12-20-18-16(19(22)25)15(13(2)29-18)17(24)21-14-5-8-23(9-6-14)30(26,27)11-10-28-3/h4,12,14H,1,5-11H2,2-3H3,(H,21,24). The molecule has 0 aliphatic carbocycles. The van der Waals surface area contributed by atoms with E-state index >= 15 is 0 Å². The first-order valence-corrected chi connectivity index (χ1v) is 11.3. The minimum absolute atomic E-state index is 0.0648. The van der Waals surface area contributed by atoms with Gasteiger partial charge < -0.3 is 14.5 Å². The van der Waals surface area contributed by atoms with Crippen molar-refractivity contribution in [2.24, 2.45) is 0 Å². The van der Waals surface area contributed by atoms with Crippen LogP contribution in [0.4, 0.5) is 0 Å². The summed E-state index contributed by atoms with van der Waals surface area (Å²) in [7, 11) is -1.91. The Balaban J connectivity index is 1.74. The molecule has 0 atom stereocenters. The lowest BCUT2D eigenvalue weighted by Gasteiger charge is -2.31. The Morgan fingerprint density at radius 3 is 2.77 bits per heavy atom. The maximum Gasteiger partial charge on any atom is 0.265 e. The summed E-state index contributed by atoms with van der Waals surface area (Å²) in [4.78, 5) is 29.8. The van der Waals surface area contributed by atoms with Gasteiger partial charge in [-0.2, -0.15) is 0 Å². The number of nitrogens with zero attached hydrogens (tertiary/aromatic N) is 3. The number of piperidine rings is 1. The van der Waals surface area contributed by atoms with Crippen molar-refractivity contribution >= 4 is 27.0 Å². The van der Waals surface area contributed by atoms with E-state index < -0.39 is 15.9 Å². The van der Waals surface area contributed by atoms with Crippen LogP contribution in [-0.4, -0.2) is 66.8 Å². The number of furan rings is 1. The number of hydrogen-bond donors (Lipinski definition) is 1. The smallest absolute Gasteiger partial charge is 0.265 e. The maximum absolute atomic E-state index is 12.9. The summed E-state index contributed by atoms with van der Waals surface area (Å²) in [5.74, 6) is -0.185. The predicted molar refractivity (Wildman–Crippen MR) is 111 cm³/mol. The van der Waals surface area contributed by atoms with Crippen LogP contribution in [-0.2, 0) is 21.3 Å². The summed E-state index contributed by atoms with van der Waals surface area (Å²) < 4.78 is 37.7. The second kappa shape index (κ2) is 9.11. The topological polar surface area (TPSA) is 124 Å². The van der Waals surface area contributed by atoms with Gasteiger partial charge in [-0.25, -0.2) is 17.7 Å². The van der Waals surface area contributed by atoms with Crippen LogP contribution in [0.15, 0.2) is 28.2 Å². The third-order valence-electron chi connectivity index (χ3n) is 5.14. The Labute approximate surface area is 174 Å². The molecule has 30 heavy (non-hydrogen) atoms. The SMILES string of the molecule is C=CCn1cnc2oc(C)c(C(=O)NC3CCN(S(=O)(=O)CCOC)CC3)c2c1=O. The zero-order valence-corrected chi connectivity index (χ0v) is 17.9. The van der Waals surface area contributed by atoms with Crippen LogP contribution in [0.5, 0.6) is 0 Å². The molecule has 0 bridgehead atoms. The van der Waals surface area contributed by atoms with Crippen LogP contribution >= 0.6 is 0 Å². The average Bonchev–Trinajstić information content (AvgIpc) is 3.06. The molecule has 164 valence electrons. The Morgan fingerprint density at radius 1 is 1.43 bits per heavy atom. The highest BCUT2D eigenvalue weighted by atomic mass is 32.2. The number of sulfonamides is 1. The average molecular weight is 439 g/mol. The van der Waals surface area contributed by atoms with Crippen molar-refractivity contribution in [1.29, 1.82) is 0 Å². The summed E-state index contributed by atoms with van der Waals surface area (Å²) in [5, 5.41) is 3.04. The van der Waals surface area contributed by atoms with Gasteiger partial charge in [0, 0.05) is 32.8 Å². The molecule has 1 amide bonds. The van der Waals surface area contributed by atoms with Gasteiger partial charge in [0.05, 0.1) is 17.9 Å². The van der Waals surface area contributed by atoms with E-state index in [9.17, 15) is 18.0 Å². The molecule has 2 aromatic rings. The lowest BCUT2D eigenvalue weighted by molar-refractivity contribution is 0.0923. The molecular weight excluding hydrogens is 412 g/mol. The van der Waals surface area contributed by atoms with Gasteiger partial charge in [-0.3, -0.25) is 14.2 Å². The number of fused-ring (bicyclic) bond motifs is 1. The van der Waals surface area contributed by atoms with Crippen molar-refractivity contribution < 1.29 is 22.4 Å². The summed E-state index contributed by atoms with van der Waals surface area (Å²) in [6, 6.07) is -0.206. The first-order chi connectivity index (χ1) is 14.3. The molecule has 0 radical (unpaired) electrons. The van der Waals surface area contributed by atoms with Crippen LogP contribution < -0.4 is 10.9 Å². The van der Waals surface area contributed by atoms with Crippen LogP contribution in [0.2, 0.25) is 0 Å². The van der Waals surface area contributed by atoms with E-state index in [0.717, 1.165) is 0 Å². The highest BCUT2D eigenvalue weighted by Crippen LogP contribution is 2.22. The van der Waals surface area contributed by atoms with Gasteiger partial charge in [-0.15, -0.1) is 6.58 Å². The first kappa shape index (κ1) is 22.2. The molecule has 1 aliphatic heterocycles. The summed E-state index contributed by atoms with van der Waals surface area (Å²) in [6.07, 6.45) is 3.88. The van der Waals surface area contributed by atoms with Crippen molar-refractivity contribution in [3.05, 3.63) is 40.7 Å². The second-order valence-electron chi connectivity index (χ2n) is 7.16. The van der Waals surface area contributed by atoms with Gasteiger partial charge in [0.15, 0.2) is 0 Å². The molecule has 0 saturated carbocycles. The summed E-state index contributed by atoms with van der Waals surface area (Å²) in [6.45, 7) is 6.26. The van der Waals surface area contributed by atoms with Crippen molar-refractivity contribution in [3.63, 3.8) is 0 Å². The molecule has 3 heterocycles. The summed E-state index contributed by atoms with van der Waals surface area (Å²) in [5.41, 5.74) is -0.0981. The largest absolute Gasteiger partial charge is 0.442 e. The number of carbonyl (C=O) groups excluding carboxylic acids is 1. The number of ether oxygens (including phenoxy) is 1. The minimum Gasteiger partial charge on any atom is -0.442 e. The quantitative estimate of drug-likeness (QED) is 0.600. The van der Waals surface area contributed by atoms with Crippen molar-refractivity contribution in [1.82, 2.24) is 19.2 Å². The minimum atomic E-state index is -3.37. The molecule has 2 aromatic heterocycles. The van der Waals surface area contributed by atoms with Crippen molar-refractivity contribution in [3.8, 4) is 0 Å². The van der Waals surface area contributed by atoms with E-state index in [1.165, 1.54) is 22.3 Å². The van der Waals surface area contributed by atoms with E-state index in [1.807, 2.05) is 0 Å². The van der Waals surface area contributed by atoms with Gasteiger partial charge >= 0.3 is 0 Å². The number of allylic oxidation sites excluding steroid dienone is 1. The fraction of sp³-hybridized carbons (Fsp3) is 0.526. The number of carbonyl (C=O) groups is 1. The van der Waals surface area contributed by atoms with E-state index in [1.54, 1.807) is 13.0 Å². The zero-order chi connectivity index (χ0) is 21.9. The fourth-order valence-electron chi connectivity index (χ4n) is 3.53. The number of methoxy groups -OCH3 is 1. The molecule has 1 saturated heterocycles. The summed E-state index contributed by atoms with van der Waals surface area (Å²) >= 11 is 0. The first-order valence-electron chi connectivity index (χ1n) is 9.65. The molecule has 11 heteroatoms. The van der Waals surface area contributed by atoms with Gasteiger partial charge in [0.25, 0.3) is 11.5 Å². The number of nitrogens with one attached hydrogen (secondary N) is 1. The van der Waals surface area contributed by atoms with Crippen LogP contribution in [0.25, 0.3) is 11.1 Å². The van der Waals surface area contributed by atoms with Crippen LogP contribution in [0.3, 0.4) is 0 Å². The van der Waals surface area contributed by atoms with Crippen molar-refractivity contribution in [2.75, 3.05) is 32.6 Å². The predicted octanol–water partition coefficient (Wildman–Crippen LogP) is 0.654. The van der Waals surface area contributed by atoms with Crippen LogP contribution in [0, 0.1) is 6.92 Å². The second-order valence-corrected chi connectivity index (χ2v) is 9.25. The van der Waals surface area contributed by atoms with Crippen LogP contribution in [0.1, 0.15) is 29.0 Å². The molecule has 0 spiro atoms. The number of aromatic nitrogens is 2. The molecule has 10 nitrogen and oxygen atoms in total. The molecule has 3 rings (SSSR count). The zero-order valence-electron chi connectivity index (χ0n) is 17.1. The lowest BCUT2D eigenvalue weighted by atomic mass is 10.1. The van der Waals surface area contributed by atoms with E-state index in [0.29, 0.717) is 31.7 Å². The van der Waals surface area contributed by atoms with E-state index in [-0.39, 0.29) is 47.2 Å². The maximum atomic E-state index is 12.9. The van der Waals surface area contributed by atoms with E-state index in [4.69, 9.17) is 9.15 Å². The highest BCUT2D eigenvalue weighted by molar-refractivity contribution is 7.89. The third-order valence-corrected chi connectivity index (χ3v) is 6.97. The molecule has 0 unspecified atom stereocenters. The van der Waals surface area contributed by atoms with Gasteiger partial charge in [0.1, 0.15) is 17.5 Å². The molecule has 1 fully saturated rings. The van der Waals surface area contributed by atoms with Gasteiger partial charge in [-0.05, 0) is 19.8 Å². The normalized spacial score (nSPS) is 16.1.